The molecule has 3 N–H and O–H groups in total. The summed E-state index contributed by atoms with van der Waals surface area (Å²) in [5.74, 6) is 0.931. The zero-order chi connectivity index (χ0) is 19.2. The van der Waals surface area contributed by atoms with Gasteiger partial charge in [-0.2, -0.15) is 4.98 Å². The summed E-state index contributed by atoms with van der Waals surface area (Å²) in [6, 6.07) is 15.4. The fourth-order valence-electron chi connectivity index (χ4n) is 2.49. The SMILES string of the molecule is Bc1cccc(Nc2nc(Nc3cccc(NC(=O)C=C)c3)ncc2C)c1. The van der Waals surface area contributed by atoms with Gasteiger partial charge in [0.2, 0.25) is 11.9 Å². The zero-order valence-electron chi connectivity index (χ0n) is 15.3. The summed E-state index contributed by atoms with van der Waals surface area (Å²) in [4.78, 5) is 20.3. The van der Waals surface area contributed by atoms with E-state index in [1.165, 1.54) is 11.5 Å². The maximum Gasteiger partial charge on any atom is 0.247 e. The number of benzene rings is 2. The molecule has 1 amide bonds. The molecular formula is C20H20BN5O. The summed E-state index contributed by atoms with van der Waals surface area (Å²) in [7, 11) is 2.04. The Hall–Kier alpha value is -3.61. The first-order valence-corrected chi connectivity index (χ1v) is 8.51. The number of amides is 1. The van der Waals surface area contributed by atoms with E-state index in [4.69, 9.17) is 0 Å². The molecule has 0 radical (unpaired) electrons. The third-order valence-corrected chi connectivity index (χ3v) is 3.82. The largest absolute Gasteiger partial charge is 0.340 e. The van der Waals surface area contributed by atoms with Gasteiger partial charge in [0.25, 0.3) is 0 Å². The lowest BCUT2D eigenvalue weighted by molar-refractivity contribution is -0.111. The Morgan fingerprint density at radius 3 is 2.52 bits per heavy atom. The Kier molecular flexibility index (Phi) is 5.51. The maximum absolute atomic E-state index is 11.4. The van der Waals surface area contributed by atoms with Gasteiger partial charge in [-0.1, -0.05) is 30.2 Å². The van der Waals surface area contributed by atoms with E-state index in [-0.39, 0.29) is 5.91 Å². The van der Waals surface area contributed by atoms with Crippen molar-refractivity contribution >= 4 is 48.0 Å². The van der Waals surface area contributed by atoms with Gasteiger partial charge in [-0.25, -0.2) is 4.98 Å². The van der Waals surface area contributed by atoms with Gasteiger partial charge in [0, 0.05) is 28.8 Å². The van der Waals surface area contributed by atoms with Crippen molar-refractivity contribution in [1.29, 1.82) is 0 Å². The lowest BCUT2D eigenvalue weighted by Gasteiger charge is -2.12. The van der Waals surface area contributed by atoms with Crippen molar-refractivity contribution in [3.05, 3.63) is 72.9 Å². The van der Waals surface area contributed by atoms with Crippen LogP contribution in [0.5, 0.6) is 0 Å². The normalized spacial score (nSPS) is 10.1. The Morgan fingerprint density at radius 1 is 1.07 bits per heavy atom. The highest BCUT2D eigenvalue weighted by atomic mass is 16.1. The molecule has 0 aliphatic heterocycles. The summed E-state index contributed by atoms with van der Waals surface area (Å²) in [5, 5.41) is 9.21. The summed E-state index contributed by atoms with van der Waals surface area (Å²) in [5.41, 5.74) is 4.51. The molecule has 0 aliphatic carbocycles. The molecule has 0 fully saturated rings. The van der Waals surface area contributed by atoms with Crippen LogP contribution in [0.25, 0.3) is 0 Å². The molecule has 0 spiro atoms. The molecule has 1 heterocycles. The number of aryl methyl sites for hydroxylation is 1. The second-order valence-corrected chi connectivity index (χ2v) is 6.12. The summed E-state index contributed by atoms with van der Waals surface area (Å²) in [6.07, 6.45) is 2.99. The van der Waals surface area contributed by atoms with Crippen molar-refractivity contribution in [3.63, 3.8) is 0 Å². The van der Waals surface area contributed by atoms with Crippen LogP contribution in [0.1, 0.15) is 5.56 Å². The first kappa shape index (κ1) is 18.2. The van der Waals surface area contributed by atoms with Gasteiger partial charge in [0.05, 0.1) is 0 Å². The highest BCUT2D eigenvalue weighted by Gasteiger charge is 2.06. The molecule has 0 aliphatic rings. The van der Waals surface area contributed by atoms with Crippen LogP contribution in [-0.2, 0) is 4.79 Å². The van der Waals surface area contributed by atoms with E-state index in [1.54, 1.807) is 18.3 Å². The molecule has 0 bridgehead atoms. The second kappa shape index (κ2) is 8.18. The Labute approximate surface area is 159 Å². The molecule has 2 aromatic carbocycles. The van der Waals surface area contributed by atoms with Crippen LogP contribution in [0.2, 0.25) is 0 Å². The summed E-state index contributed by atoms with van der Waals surface area (Å²) in [6.45, 7) is 5.40. The van der Waals surface area contributed by atoms with Gasteiger partial charge in [-0.15, -0.1) is 0 Å². The van der Waals surface area contributed by atoms with Crippen molar-refractivity contribution in [1.82, 2.24) is 9.97 Å². The van der Waals surface area contributed by atoms with E-state index >= 15 is 0 Å². The fourth-order valence-corrected chi connectivity index (χ4v) is 2.49. The van der Waals surface area contributed by atoms with Gasteiger partial charge in [0.15, 0.2) is 0 Å². The second-order valence-electron chi connectivity index (χ2n) is 6.12. The smallest absolute Gasteiger partial charge is 0.247 e. The minimum atomic E-state index is -0.261. The number of nitrogens with zero attached hydrogens (tertiary/aromatic N) is 2. The number of hydrogen-bond acceptors (Lipinski definition) is 5. The molecule has 0 saturated carbocycles. The van der Waals surface area contributed by atoms with Crippen LogP contribution in [0.3, 0.4) is 0 Å². The lowest BCUT2D eigenvalue weighted by atomic mass is 9.96. The van der Waals surface area contributed by atoms with Gasteiger partial charge in [-0.3, -0.25) is 4.79 Å². The molecular weight excluding hydrogens is 337 g/mol. The van der Waals surface area contributed by atoms with Crippen molar-refractivity contribution < 1.29 is 4.79 Å². The Bertz CT molecular complexity index is 990. The topological polar surface area (TPSA) is 78.9 Å². The molecule has 1 aromatic heterocycles. The Morgan fingerprint density at radius 2 is 1.78 bits per heavy atom. The quantitative estimate of drug-likeness (QED) is 0.467. The highest BCUT2D eigenvalue weighted by Crippen LogP contribution is 2.22. The van der Waals surface area contributed by atoms with E-state index in [0.717, 1.165) is 22.8 Å². The Balaban J connectivity index is 1.79. The average Bonchev–Trinajstić information content (AvgIpc) is 2.65. The number of anilines is 5. The van der Waals surface area contributed by atoms with Crippen molar-refractivity contribution in [2.75, 3.05) is 16.0 Å². The standard InChI is InChI=1S/C20H20BN5O/c1-3-18(27)23-16-8-5-9-17(11-16)25-20-22-12-13(2)19(26-20)24-15-7-4-6-14(21)10-15/h3-12H,1,21H2,2H3,(H,23,27)(H2,22,24,25,26). The number of carbonyl (C=O) groups is 1. The average molecular weight is 357 g/mol. The minimum absolute atomic E-state index is 0.261. The van der Waals surface area contributed by atoms with Crippen LogP contribution >= 0.6 is 0 Å². The molecule has 6 nitrogen and oxygen atoms in total. The minimum Gasteiger partial charge on any atom is -0.340 e. The van der Waals surface area contributed by atoms with E-state index < -0.39 is 0 Å². The zero-order valence-corrected chi connectivity index (χ0v) is 15.3. The predicted molar refractivity (Wildman–Crippen MR) is 113 cm³/mol. The lowest BCUT2D eigenvalue weighted by Crippen LogP contribution is -2.08. The number of nitrogens with one attached hydrogen (secondary N) is 3. The summed E-state index contributed by atoms with van der Waals surface area (Å²) < 4.78 is 0. The fraction of sp³-hybridized carbons (Fsp3) is 0.0500. The van der Waals surface area contributed by atoms with Crippen LogP contribution < -0.4 is 21.4 Å². The van der Waals surface area contributed by atoms with E-state index in [2.05, 4.69) is 38.6 Å². The van der Waals surface area contributed by atoms with E-state index in [1.807, 2.05) is 45.1 Å². The molecule has 134 valence electrons. The van der Waals surface area contributed by atoms with Crippen LogP contribution in [-0.4, -0.2) is 23.7 Å². The molecule has 3 aromatic rings. The van der Waals surface area contributed by atoms with Gasteiger partial charge in [0.1, 0.15) is 13.7 Å². The number of rotatable bonds is 6. The summed E-state index contributed by atoms with van der Waals surface area (Å²) >= 11 is 0. The van der Waals surface area contributed by atoms with E-state index in [9.17, 15) is 4.79 Å². The van der Waals surface area contributed by atoms with Crippen LogP contribution in [0.4, 0.5) is 28.8 Å². The van der Waals surface area contributed by atoms with Crippen molar-refractivity contribution in [2.45, 2.75) is 6.92 Å². The number of carbonyl (C=O) groups excluding carboxylic acids is 1. The third kappa shape index (κ3) is 4.95. The number of aromatic nitrogens is 2. The van der Waals surface area contributed by atoms with Crippen LogP contribution in [0.15, 0.2) is 67.4 Å². The van der Waals surface area contributed by atoms with Crippen LogP contribution in [0, 0.1) is 6.92 Å². The van der Waals surface area contributed by atoms with Crippen molar-refractivity contribution in [3.8, 4) is 0 Å². The van der Waals surface area contributed by atoms with Crippen molar-refractivity contribution in [2.24, 2.45) is 0 Å². The molecule has 0 saturated heterocycles. The van der Waals surface area contributed by atoms with Gasteiger partial charge >= 0.3 is 0 Å². The van der Waals surface area contributed by atoms with Gasteiger partial charge in [-0.05, 0) is 43.3 Å². The van der Waals surface area contributed by atoms with Gasteiger partial charge < -0.3 is 16.0 Å². The first-order valence-electron chi connectivity index (χ1n) is 8.51. The monoisotopic (exact) mass is 357 g/mol. The van der Waals surface area contributed by atoms with E-state index in [0.29, 0.717) is 11.6 Å². The first-order chi connectivity index (χ1) is 13.0. The molecule has 0 unspecified atom stereocenters. The molecule has 3 rings (SSSR count). The predicted octanol–water partition coefficient (Wildman–Crippen LogP) is 2.66. The third-order valence-electron chi connectivity index (χ3n) is 3.82. The number of hydrogen-bond donors (Lipinski definition) is 3. The molecule has 27 heavy (non-hydrogen) atoms. The maximum atomic E-state index is 11.4. The molecule has 0 atom stereocenters. The molecule has 7 heteroatoms. The highest BCUT2D eigenvalue weighted by molar-refractivity contribution is 6.32.